The number of carbonyl (C=O) groups excluding carboxylic acids is 1. The highest BCUT2D eigenvalue weighted by Gasteiger charge is 2.16. The van der Waals surface area contributed by atoms with E-state index in [4.69, 9.17) is 18.9 Å². The number of carbonyl (C=O) groups is 1. The van der Waals surface area contributed by atoms with Crippen LogP contribution in [0.4, 0.5) is 0 Å². The summed E-state index contributed by atoms with van der Waals surface area (Å²) in [6.07, 6.45) is 0. The van der Waals surface area contributed by atoms with Gasteiger partial charge in [0.25, 0.3) is 0 Å². The molecular weight excluding hydrogens is 366 g/mol. The highest BCUT2D eigenvalue weighted by Crippen LogP contribution is 2.33. The van der Waals surface area contributed by atoms with Crippen LogP contribution in [0.2, 0.25) is 0 Å². The third kappa shape index (κ3) is 5.47. The Morgan fingerprint density at radius 2 is 1.44 bits per heavy atom. The van der Waals surface area contributed by atoms with Crippen LogP contribution in [0, 0.1) is 0 Å². The summed E-state index contributed by atoms with van der Waals surface area (Å²) in [7, 11) is 6.36. The van der Waals surface area contributed by atoms with Gasteiger partial charge in [0.2, 0.25) is 5.91 Å². The third-order valence-corrected chi connectivity index (χ3v) is 5.05. The Hall–Kier alpha value is -2.54. The molecule has 27 heavy (non-hydrogen) atoms. The summed E-state index contributed by atoms with van der Waals surface area (Å²) in [6.45, 7) is 2.28. The Bertz CT molecular complexity index is 781. The predicted molar refractivity (Wildman–Crippen MR) is 106 cm³/mol. The van der Waals surface area contributed by atoms with Crippen LogP contribution in [0.15, 0.2) is 41.3 Å². The normalized spacial score (nSPS) is 11.4. The van der Waals surface area contributed by atoms with Gasteiger partial charge >= 0.3 is 0 Å². The van der Waals surface area contributed by atoms with Gasteiger partial charge in [0.1, 0.15) is 0 Å². The van der Waals surface area contributed by atoms with Gasteiger partial charge in [-0.1, -0.05) is 6.07 Å². The summed E-state index contributed by atoms with van der Waals surface area (Å²) >= 11 is 1.46. The van der Waals surface area contributed by atoms with Crippen molar-refractivity contribution in [2.75, 3.05) is 28.4 Å². The lowest BCUT2D eigenvalue weighted by Gasteiger charge is -2.14. The minimum absolute atomic E-state index is 0.0513. The number of hydrogen-bond donors (Lipinski definition) is 1. The molecule has 0 aromatic heterocycles. The molecule has 0 aliphatic rings. The molecule has 0 heterocycles. The van der Waals surface area contributed by atoms with Gasteiger partial charge in [-0.2, -0.15) is 0 Å². The fraction of sp³-hybridized carbons (Fsp3) is 0.350. The van der Waals surface area contributed by atoms with Crippen molar-refractivity contribution in [3.8, 4) is 23.0 Å². The minimum atomic E-state index is -0.261. The lowest BCUT2D eigenvalue weighted by Crippen LogP contribution is -2.30. The molecule has 0 fully saturated rings. The molecule has 1 amide bonds. The largest absolute Gasteiger partial charge is 0.493 e. The second-order valence-corrected chi connectivity index (χ2v) is 7.10. The highest BCUT2D eigenvalue weighted by atomic mass is 32.2. The van der Waals surface area contributed by atoms with Crippen LogP contribution < -0.4 is 24.3 Å². The van der Waals surface area contributed by atoms with Gasteiger partial charge < -0.3 is 24.3 Å². The number of methoxy groups -OCH3 is 4. The van der Waals surface area contributed by atoms with E-state index in [1.807, 2.05) is 43.3 Å². The molecule has 0 aliphatic carbocycles. The predicted octanol–water partition coefficient (Wildman–Crippen LogP) is 3.52. The van der Waals surface area contributed by atoms with Crippen molar-refractivity contribution in [3.05, 3.63) is 42.0 Å². The molecule has 0 saturated carbocycles. The van der Waals surface area contributed by atoms with Crippen LogP contribution in [-0.4, -0.2) is 39.6 Å². The summed E-state index contributed by atoms with van der Waals surface area (Å²) in [6, 6.07) is 11.2. The first-order valence-electron chi connectivity index (χ1n) is 8.39. The topological polar surface area (TPSA) is 66.0 Å². The molecule has 0 bridgehead atoms. The molecule has 0 radical (unpaired) electrons. The zero-order valence-electron chi connectivity index (χ0n) is 16.2. The minimum Gasteiger partial charge on any atom is -0.493 e. The second kappa shape index (κ2) is 9.97. The number of hydrogen-bond acceptors (Lipinski definition) is 6. The average Bonchev–Trinajstić information content (AvgIpc) is 2.71. The molecule has 0 unspecified atom stereocenters. The SMILES string of the molecule is COc1ccc(CNC(=O)[C@H](C)Sc2ccc(OC)c(OC)c2)cc1OC. The van der Waals surface area contributed by atoms with Crippen LogP contribution in [0.3, 0.4) is 0 Å². The number of thioether (sulfide) groups is 1. The van der Waals surface area contributed by atoms with Gasteiger partial charge in [0.05, 0.1) is 33.7 Å². The highest BCUT2D eigenvalue weighted by molar-refractivity contribution is 8.00. The molecular formula is C20H25NO5S. The lowest BCUT2D eigenvalue weighted by atomic mass is 10.2. The number of benzene rings is 2. The van der Waals surface area contributed by atoms with Crippen molar-refractivity contribution in [2.45, 2.75) is 23.6 Å². The van der Waals surface area contributed by atoms with Crippen LogP contribution in [0.1, 0.15) is 12.5 Å². The Labute approximate surface area is 164 Å². The quantitative estimate of drug-likeness (QED) is 0.660. The molecule has 7 heteroatoms. The number of rotatable bonds is 9. The molecule has 146 valence electrons. The van der Waals surface area contributed by atoms with Crippen LogP contribution >= 0.6 is 11.8 Å². The number of nitrogens with one attached hydrogen (secondary N) is 1. The summed E-state index contributed by atoms with van der Waals surface area (Å²) in [4.78, 5) is 13.4. The maximum absolute atomic E-state index is 12.4. The maximum Gasteiger partial charge on any atom is 0.233 e. The van der Waals surface area contributed by atoms with Crippen molar-refractivity contribution in [1.82, 2.24) is 5.32 Å². The molecule has 0 aliphatic heterocycles. The Morgan fingerprint density at radius 1 is 0.889 bits per heavy atom. The van der Waals surface area contributed by atoms with Crippen molar-refractivity contribution in [3.63, 3.8) is 0 Å². The molecule has 2 aromatic carbocycles. The molecule has 1 atom stereocenters. The van der Waals surface area contributed by atoms with E-state index in [1.165, 1.54) is 11.8 Å². The molecule has 2 rings (SSSR count). The van der Waals surface area contributed by atoms with Crippen LogP contribution in [0.25, 0.3) is 0 Å². The fourth-order valence-electron chi connectivity index (χ4n) is 2.47. The second-order valence-electron chi connectivity index (χ2n) is 5.68. The zero-order valence-corrected chi connectivity index (χ0v) is 17.0. The Balaban J connectivity index is 1.96. The summed E-state index contributed by atoms with van der Waals surface area (Å²) in [5.41, 5.74) is 0.935. The molecule has 2 aromatic rings. The first-order chi connectivity index (χ1) is 13.0. The van der Waals surface area contributed by atoms with E-state index >= 15 is 0 Å². The van der Waals surface area contributed by atoms with Gasteiger partial charge in [-0.15, -0.1) is 11.8 Å². The molecule has 0 spiro atoms. The van der Waals surface area contributed by atoms with Crippen LogP contribution in [-0.2, 0) is 11.3 Å². The van der Waals surface area contributed by atoms with E-state index in [0.717, 1.165) is 10.5 Å². The maximum atomic E-state index is 12.4. The monoisotopic (exact) mass is 391 g/mol. The average molecular weight is 391 g/mol. The van der Waals surface area contributed by atoms with E-state index in [9.17, 15) is 4.79 Å². The first kappa shape index (κ1) is 20.8. The van der Waals surface area contributed by atoms with Gasteiger partial charge in [-0.3, -0.25) is 4.79 Å². The smallest absolute Gasteiger partial charge is 0.233 e. The molecule has 0 saturated heterocycles. The summed E-state index contributed by atoms with van der Waals surface area (Å²) in [5, 5.41) is 2.69. The van der Waals surface area contributed by atoms with E-state index in [-0.39, 0.29) is 11.2 Å². The molecule has 6 nitrogen and oxygen atoms in total. The van der Waals surface area contributed by atoms with Gasteiger partial charge in [-0.25, -0.2) is 0 Å². The van der Waals surface area contributed by atoms with E-state index < -0.39 is 0 Å². The van der Waals surface area contributed by atoms with E-state index in [0.29, 0.717) is 29.5 Å². The van der Waals surface area contributed by atoms with Gasteiger partial charge in [-0.05, 0) is 42.8 Å². The molecule has 1 N–H and O–H groups in total. The standard InChI is InChI=1S/C20H25NO5S/c1-13(27-15-7-9-17(24-3)19(11-15)26-5)20(22)21-12-14-6-8-16(23-2)18(10-14)25-4/h6-11,13H,12H2,1-5H3,(H,21,22)/t13-/m0/s1. The fourth-order valence-corrected chi connectivity index (χ4v) is 3.39. The summed E-state index contributed by atoms with van der Waals surface area (Å²) < 4.78 is 21.0. The third-order valence-electron chi connectivity index (χ3n) is 3.95. The van der Waals surface area contributed by atoms with E-state index in [1.54, 1.807) is 28.4 Å². The van der Waals surface area contributed by atoms with Crippen LogP contribution in [0.5, 0.6) is 23.0 Å². The number of amides is 1. The van der Waals surface area contributed by atoms with E-state index in [2.05, 4.69) is 5.32 Å². The van der Waals surface area contributed by atoms with Crippen molar-refractivity contribution in [1.29, 1.82) is 0 Å². The Kier molecular flexibility index (Phi) is 7.67. The van der Waals surface area contributed by atoms with Gasteiger partial charge in [0.15, 0.2) is 23.0 Å². The van der Waals surface area contributed by atoms with Crippen molar-refractivity contribution >= 4 is 17.7 Å². The zero-order chi connectivity index (χ0) is 19.8. The van der Waals surface area contributed by atoms with Crippen molar-refractivity contribution < 1.29 is 23.7 Å². The summed E-state index contributed by atoms with van der Waals surface area (Å²) in [5.74, 6) is 2.54. The Morgan fingerprint density at radius 3 is 2.04 bits per heavy atom. The number of ether oxygens (including phenoxy) is 4. The van der Waals surface area contributed by atoms with Gasteiger partial charge in [0, 0.05) is 11.4 Å². The first-order valence-corrected chi connectivity index (χ1v) is 9.27. The lowest BCUT2D eigenvalue weighted by molar-refractivity contribution is -0.120. The van der Waals surface area contributed by atoms with Crippen molar-refractivity contribution in [2.24, 2.45) is 0 Å².